The molecular weight excluding hydrogens is 381 g/mol. The van der Waals surface area contributed by atoms with Crippen LogP contribution in [0.3, 0.4) is 0 Å². The van der Waals surface area contributed by atoms with Crippen LogP contribution in [0, 0.1) is 17.1 Å². The molecule has 0 atom stereocenters. The quantitative estimate of drug-likeness (QED) is 0.560. The first-order valence-electron chi connectivity index (χ1n) is 8.17. The number of amides is 1. The molecule has 0 saturated heterocycles. The van der Waals surface area contributed by atoms with Crippen molar-refractivity contribution < 1.29 is 13.9 Å². The van der Waals surface area contributed by atoms with Crippen LogP contribution in [0.1, 0.15) is 5.69 Å². The second-order valence-corrected chi connectivity index (χ2v) is 6.54. The Morgan fingerprint density at radius 3 is 2.82 bits per heavy atom. The lowest BCUT2D eigenvalue weighted by molar-refractivity contribution is -0.118. The van der Waals surface area contributed by atoms with Crippen LogP contribution in [0.5, 0.6) is 5.88 Å². The van der Waals surface area contributed by atoms with Gasteiger partial charge in [-0.1, -0.05) is 12.1 Å². The third kappa shape index (κ3) is 3.54. The average Bonchev–Trinajstić information content (AvgIpc) is 3.31. The molecule has 4 rings (SSSR count). The van der Waals surface area contributed by atoms with Gasteiger partial charge in [0.05, 0.1) is 15.8 Å². The highest BCUT2D eigenvalue weighted by atomic mass is 32.1. The number of hydrogen-bond donors (Lipinski definition) is 1. The van der Waals surface area contributed by atoms with E-state index in [0.29, 0.717) is 11.6 Å². The Hall–Kier alpha value is -3.77. The SMILES string of the molecule is N#Cc1cc(NC(=O)COc2nsc3ccccc23)n(-c2ccc(F)cc2)n1. The molecule has 0 bridgehead atoms. The number of anilines is 1. The van der Waals surface area contributed by atoms with E-state index in [-0.39, 0.29) is 18.1 Å². The molecule has 2 heterocycles. The van der Waals surface area contributed by atoms with Crippen LogP contribution in [0.4, 0.5) is 10.2 Å². The molecule has 4 aromatic rings. The van der Waals surface area contributed by atoms with Crippen LogP contribution in [-0.4, -0.2) is 26.7 Å². The molecule has 2 aromatic heterocycles. The average molecular weight is 393 g/mol. The van der Waals surface area contributed by atoms with E-state index in [9.17, 15) is 9.18 Å². The zero-order chi connectivity index (χ0) is 19.5. The number of fused-ring (bicyclic) bond motifs is 1. The largest absolute Gasteiger partial charge is 0.466 e. The monoisotopic (exact) mass is 393 g/mol. The summed E-state index contributed by atoms with van der Waals surface area (Å²) in [5.74, 6) is -0.170. The lowest BCUT2D eigenvalue weighted by Crippen LogP contribution is -2.22. The van der Waals surface area contributed by atoms with Crippen molar-refractivity contribution in [3.63, 3.8) is 0 Å². The Balaban J connectivity index is 1.50. The molecular formula is C19H12FN5O2S. The topological polar surface area (TPSA) is 92.8 Å². The highest BCUT2D eigenvalue weighted by Gasteiger charge is 2.14. The number of rotatable bonds is 5. The maximum atomic E-state index is 13.2. The van der Waals surface area contributed by atoms with Crippen molar-refractivity contribution in [2.75, 3.05) is 11.9 Å². The van der Waals surface area contributed by atoms with Gasteiger partial charge in [0, 0.05) is 6.07 Å². The smallest absolute Gasteiger partial charge is 0.263 e. The standard InChI is InChI=1S/C19H12FN5O2S/c20-12-5-7-14(8-6-12)25-17(9-13(10-21)23-25)22-18(26)11-27-19-15-3-1-2-4-16(15)28-24-19/h1-9H,11H2,(H,22,26). The van der Waals surface area contributed by atoms with Crippen LogP contribution in [0.25, 0.3) is 15.8 Å². The van der Waals surface area contributed by atoms with Gasteiger partial charge in [-0.05, 0) is 47.9 Å². The van der Waals surface area contributed by atoms with Gasteiger partial charge in [0.25, 0.3) is 5.91 Å². The Morgan fingerprint density at radius 2 is 2.04 bits per heavy atom. The number of hydrogen-bond acceptors (Lipinski definition) is 6. The number of halogens is 1. The minimum absolute atomic E-state index is 0.117. The lowest BCUT2D eigenvalue weighted by atomic mass is 10.3. The summed E-state index contributed by atoms with van der Waals surface area (Å²) < 4.78 is 25.2. The third-order valence-electron chi connectivity index (χ3n) is 3.85. The molecule has 0 radical (unpaired) electrons. The fourth-order valence-corrected chi connectivity index (χ4v) is 3.31. The van der Waals surface area contributed by atoms with Crippen LogP contribution < -0.4 is 10.1 Å². The Morgan fingerprint density at radius 1 is 1.25 bits per heavy atom. The Kier molecular flexibility index (Phi) is 4.70. The first-order chi connectivity index (χ1) is 13.6. The highest BCUT2D eigenvalue weighted by molar-refractivity contribution is 7.13. The molecule has 0 saturated carbocycles. The molecule has 0 spiro atoms. The molecule has 0 fully saturated rings. The molecule has 7 nitrogen and oxygen atoms in total. The molecule has 1 N–H and O–H groups in total. The van der Waals surface area contributed by atoms with E-state index in [1.807, 2.05) is 30.3 Å². The van der Waals surface area contributed by atoms with Gasteiger partial charge < -0.3 is 10.1 Å². The maximum absolute atomic E-state index is 13.2. The summed E-state index contributed by atoms with van der Waals surface area (Å²) in [5, 5.41) is 16.7. The molecule has 1 amide bonds. The summed E-state index contributed by atoms with van der Waals surface area (Å²) in [5.41, 5.74) is 0.621. The van der Waals surface area contributed by atoms with Crippen LogP contribution in [-0.2, 0) is 4.79 Å². The van der Waals surface area contributed by atoms with Crippen LogP contribution in [0.15, 0.2) is 54.6 Å². The summed E-state index contributed by atoms with van der Waals surface area (Å²) in [6, 6.07) is 16.4. The molecule has 28 heavy (non-hydrogen) atoms. The van der Waals surface area contributed by atoms with E-state index >= 15 is 0 Å². The number of aromatic nitrogens is 3. The van der Waals surface area contributed by atoms with E-state index in [1.54, 1.807) is 0 Å². The molecule has 138 valence electrons. The van der Waals surface area contributed by atoms with E-state index < -0.39 is 11.7 Å². The minimum atomic E-state index is -0.440. The predicted molar refractivity (Wildman–Crippen MR) is 102 cm³/mol. The van der Waals surface area contributed by atoms with E-state index in [1.165, 1.54) is 46.5 Å². The Labute approximate surface area is 162 Å². The lowest BCUT2D eigenvalue weighted by Gasteiger charge is -2.09. The molecule has 0 aliphatic heterocycles. The highest BCUT2D eigenvalue weighted by Crippen LogP contribution is 2.28. The number of carbonyl (C=O) groups is 1. The zero-order valence-corrected chi connectivity index (χ0v) is 15.1. The second-order valence-electron chi connectivity index (χ2n) is 5.74. The van der Waals surface area contributed by atoms with Crippen molar-refractivity contribution in [3.05, 3.63) is 66.1 Å². The summed E-state index contributed by atoms with van der Waals surface area (Å²) in [7, 11) is 0. The molecule has 9 heteroatoms. The summed E-state index contributed by atoms with van der Waals surface area (Å²) in [6.07, 6.45) is 0. The minimum Gasteiger partial charge on any atom is -0.466 e. The van der Waals surface area contributed by atoms with Gasteiger partial charge in [0.15, 0.2) is 12.3 Å². The normalized spacial score (nSPS) is 10.6. The van der Waals surface area contributed by atoms with Crippen LogP contribution in [0.2, 0.25) is 0 Å². The summed E-state index contributed by atoms with van der Waals surface area (Å²) in [6.45, 7) is -0.260. The fraction of sp³-hybridized carbons (Fsp3) is 0.0526. The van der Waals surface area contributed by atoms with Gasteiger partial charge in [-0.3, -0.25) is 4.79 Å². The van der Waals surface area contributed by atoms with Crippen molar-refractivity contribution in [2.45, 2.75) is 0 Å². The maximum Gasteiger partial charge on any atom is 0.263 e. The molecule has 0 unspecified atom stereocenters. The van der Waals surface area contributed by atoms with Crippen molar-refractivity contribution in [2.24, 2.45) is 0 Å². The number of ether oxygens (including phenoxy) is 1. The van der Waals surface area contributed by atoms with Gasteiger partial charge in [-0.25, -0.2) is 9.07 Å². The predicted octanol–water partition coefficient (Wildman–Crippen LogP) is 3.51. The van der Waals surface area contributed by atoms with Gasteiger partial charge in [0.1, 0.15) is 17.7 Å². The zero-order valence-electron chi connectivity index (χ0n) is 14.3. The van der Waals surface area contributed by atoms with Gasteiger partial charge >= 0.3 is 0 Å². The van der Waals surface area contributed by atoms with Gasteiger partial charge in [-0.2, -0.15) is 14.7 Å². The summed E-state index contributed by atoms with van der Waals surface area (Å²) >= 11 is 1.29. The molecule has 0 aliphatic rings. The third-order valence-corrected chi connectivity index (χ3v) is 4.66. The second kappa shape index (κ2) is 7.46. The first-order valence-corrected chi connectivity index (χ1v) is 8.94. The van der Waals surface area contributed by atoms with E-state index in [2.05, 4.69) is 14.8 Å². The number of nitrogens with zero attached hydrogens (tertiary/aromatic N) is 4. The van der Waals surface area contributed by atoms with Crippen molar-refractivity contribution in [1.82, 2.24) is 14.2 Å². The number of nitrogens with one attached hydrogen (secondary N) is 1. The number of carbonyl (C=O) groups excluding carboxylic acids is 1. The number of nitriles is 1. The van der Waals surface area contributed by atoms with E-state index in [4.69, 9.17) is 10.00 Å². The fourth-order valence-electron chi connectivity index (χ4n) is 2.58. The van der Waals surface area contributed by atoms with Gasteiger partial charge in [-0.15, -0.1) is 0 Å². The van der Waals surface area contributed by atoms with E-state index in [0.717, 1.165) is 10.1 Å². The molecule has 0 aliphatic carbocycles. The molecule has 2 aromatic carbocycles. The van der Waals surface area contributed by atoms with Crippen LogP contribution >= 0.6 is 11.5 Å². The van der Waals surface area contributed by atoms with Crippen molar-refractivity contribution >= 4 is 33.3 Å². The van der Waals surface area contributed by atoms with Gasteiger partial charge in [0.2, 0.25) is 5.88 Å². The summed E-state index contributed by atoms with van der Waals surface area (Å²) in [4.78, 5) is 12.3. The number of benzene rings is 2. The van der Waals surface area contributed by atoms with Crippen molar-refractivity contribution in [1.29, 1.82) is 5.26 Å². The van der Waals surface area contributed by atoms with Crippen molar-refractivity contribution in [3.8, 4) is 17.6 Å². The Bertz CT molecular complexity index is 1190. The first kappa shape index (κ1) is 17.6.